The van der Waals surface area contributed by atoms with Crippen LogP contribution in [0.3, 0.4) is 0 Å². The van der Waals surface area contributed by atoms with Crippen molar-refractivity contribution in [2.45, 2.75) is 62.1 Å². The van der Waals surface area contributed by atoms with E-state index in [0.717, 1.165) is 25.2 Å². The van der Waals surface area contributed by atoms with E-state index < -0.39 is 28.7 Å². The quantitative estimate of drug-likeness (QED) is 0.414. The summed E-state index contributed by atoms with van der Waals surface area (Å²) in [6.45, 7) is 7.67. The van der Waals surface area contributed by atoms with Gasteiger partial charge >= 0.3 is 0 Å². The minimum absolute atomic E-state index is 0.0253. The summed E-state index contributed by atoms with van der Waals surface area (Å²) in [7, 11) is 0. The highest BCUT2D eigenvalue weighted by atomic mass is 32.2. The van der Waals surface area contributed by atoms with Crippen molar-refractivity contribution in [1.82, 2.24) is 4.90 Å². The van der Waals surface area contributed by atoms with E-state index in [1.807, 2.05) is 61.5 Å². The number of hydrogen-bond donors (Lipinski definition) is 3. The third-order valence-electron chi connectivity index (χ3n) is 8.67. The van der Waals surface area contributed by atoms with E-state index >= 15 is 0 Å². The molecule has 8 nitrogen and oxygen atoms in total. The molecule has 3 amide bonds. The molecule has 3 N–H and O–H groups in total. The van der Waals surface area contributed by atoms with E-state index in [0.29, 0.717) is 24.2 Å². The highest BCUT2D eigenvalue weighted by Crippen LogP contribution is 2.66. The van der Waals surface area contributed by atoms with Gasteiger partial charge in [-0.05, 0) is 69.5 Å². The molecule has 0 aliphatic carbocycles. The van der Waals surface area contributed by atoms with Crippen molar-refractivity contribution in [3.63, 3.8) is 0 Å². The zero-order chi connectivity index (χ0) is 27.7. The Labute approximate surface area is 234 Å². The Hall–Kier alpha value is -3.04. The van der Waals surface area contributed by atoms with E-state index in [9.17, 15) is 19.5 Å². The number of fused-ring (bicyclic) bond motifs is 1. The van der Waals surface area contributed by atoms with Gasteiger partial charge in [-0.1, -0.05) is 25.1 Å². The van der Waals surface area contributed by atoms with Crippen molar-refractivity contribution in [3.8, 4) is 0 Å². The van der Waals surface area contributed by atoms with E-state index in [4.69, 9.17) is 0 Å². The zero-order valence-corrected chi connectivity index (χ0v) is 23.6. The van der Waals surface area contributed by atoms with Gasteiger partial charge in [0.1, 0.15) is 6.04 Å². The second-order valence-electron chi connectivity index (χ2n) is 10.6. The number of para-hydroxylation sites is 1. The van der Waals surface area contributed by atoms with E-state index in [1.54, 1.807) is 16.7 Å². The van der Waals surface area contributed by atoms with Crippen LogP contribution in [-0.2, 0) is 14.4 Å². The van der Waals surface area contributed by atoms with Crippen LogP contribution in [0.25, 0.3) is 0 Å². The summed E-state index contributed by atoms with van der Waals surface area (Å²) < 4.78 is -0.700. The first kappa shape index (κ1) is 27.5. The van der Waals surface area contributed by atoms with Crippen LogP contribution in [0.2, 0.25) is 0 Å². The number of thioether (sulfide) groups is 1. The monoisotopic (exact) mass is 550 g/mol. The van der Waals surface area contributed by atoms with Crippen molar-refractivity contribution in [1.29, 1.82) is 0 Å². The summed E-state index contributed by atoms with van der Waals surface area (Å²) in [6, 6.07) is 15.8. The van der Waals surface area contributed by atoms with Gasteiger partial charge in [-0.25, -0.2) is 0 Å². The molecule has 2 bridgehead atoms. The van der Waals surface area contributed by atoms with Crippen LogP contribution >= 0.6 is 11.8 Å². The number of rotatable bonds is 10. The summed E-state index contributed by atoms with van der Waals surface area (Å²) in [6.07, 6.45) is 1.97. The second-order valence-corrected chi connectivity index (χ2v) is 12.2. The number of likely N-dealkylation sites (tertiary alicyclic amines) is 1. The van der Waals surface area contributed by atoms with Gasteiger partial charge in [0, 0.05) is 35.4 Å². The Morgan fingerprint density at radius 2 is 1.67 bits per heavy atom. The standard InChI is InChI=1S/C30H38N4O4S/c1-4-21(18-35)34-26(28(37)32-20-12-14-22(15-13-20)33(5-2)6-3)30-17-16-23(39-30)24(25(30)29(34)38)27(36)31-19-10-8-7-9-11-19/h7-15,21,23-26,35H,4-6,16-18H2,1-3H3,(H,31,36)(H,32,37)/t21-,23+,24-,25-,26?,30?/m0/s1. The molecule has 3 fully saturated rings. The lowest BCUT2D eigenvalue weighted by Gasteiger charge is -2.36. The maximum atomic E-state index is 14.1. The van der Waals surface area contributed by atoms with Gasteiger partial charge in [0.2, 0.25) is 17.7 Å². The lowest BCUT2D eigenvalue weighted by Crippen LogP contribution is -2.54. The molecule has 39 heavy (non-hydrogen) atoms. The SMILES string of the molecule is CC[C@@H](CO)N1C(=O)[C@@H]2[C@@H](C(=O)Nc3ccccc3)[C@H]3CCC2(S3)C1C(=O)Nc1ccc(N(CC)CC)cc1. The van der Waals surface area contributed by atoms with Crippen LogP contribution < -0.4 is 15.5 Å². The maximum Gasteiger partial charge on any atom is 0.248 e. The molecule has 208 valence electrons. The molecule has 0 aromatic heterocycles. The summed E-state index contributed by atoms with van der Waals surface area (Å²) in [5, 5.41) is 16.2. The first-order chi connectivity index (χ1) is 18.9. The predicted molar refractivity (Wildman–Crippen MR) is 156 cm³/mol. The Morgan fingerprint density at radius 1 is 1.03 bits per heavy atom. The molecular formula is C30H38N4O4S. The molecule has 9 heteroatoms. The number of benzene rings is 2. The highest BCUT2D eigenvalue weighted by molar-refractivity contribution is 8.02. The predicted octanol–water partition coefficient (Wildman–Crippen LogP) is 3.97. The fourth-order valence-corrected chi connectivity index (χ4v) is 9.01. The molecule has 2 aromatic carbocycles. The number of carbonyl (C=O) groups is 3. The van der Waals surface area contributed by atoms with Crippen LogP contribution in [0.1, 0.15) is 40.0 Å². The summed E-state index contributed by atoms with van der Waals surface area (Å²) in [5.41, 5.74) is 2.44. The van der Waals surface area contributed by atoms with Gasteiger partial charge in [0.25, 0.3) is 0 Å². The van der Waals surface area contributed by atoms with Crippen LogP contribution in [0.15, 0.2) is 54.6 Å². The molecule has 0 saturated carbocycles. The smallest absolute Gasteiger partial charge is 0.248 e. The van der Waals surface area contributed by atoms with Gasteiger partial charge in [-0.3, -0.25) is 14.4 Å². The third kappa shape index (κ3) is 4.69. The van der Waals surface area contributed by atoms with Gasteiger partial charge < -0.3 is 25.5 Å². The van der Waals surface area contributed by atoms with Crippen molar-refractivity contribution in [2.24, 2.45) is 11.8 Å². The Balaban J connectivity index is 1.44. The first-order valence-electron chi connectivity index (χ1n) is 14.0. The average Bonchev–Trinajstić information content (AvgIpc) is 3.59. The summed E-state index contributed by atoms with van der Waals surface area (Å²) in [4.78, 5) is 45.5. The normalized spacial score (nSPS) is 27.8. The summed E-state index contributed by atoms with van der Waals surface area (Å²) >= 11 is 1.63. The fraction of sp³-hybridized carbons (Fsp3) is 0.500. The van der Waals surface area contributed by atoms with Gasteiger partial charge in [-0.15, -0.1) is 11.8 Å². The molecule has 5 rings (SSSR count). The number of amides is 3. The summed E-state index contributed by atoms with van der Waals surface area (Å²) in [5.74, 6) is -1.77. The number of carbonyl (C=O) groups excluding carboxylic acids is 3. The maximum absolute atomic E-state index is 14.1. The van der Waals surface area contributed by atoms with Crippen molar-refractivity contribution in [3.05, 3.63) is 54.6 Å². The molecule has 3 aliphatic heterocycles. The number of nitrogens with zero attached hydrogens (tertiary/aromatic N) is 2. The van der Waals surface area contributed by atoms with Crippen molar-refractivity contribution in [2.75, 3.05) is 35.2 Å². The molecule has 2 aromatic rings. The van der Waals surface area contributed by atoms with E-state index in [-0.39, 0.29) is 29.6 Å². The van der Waals surface area contributed by atoms with Crippen molar-refractivity contribution >= 4 is 46.5 Å². The third-order valence-corrected chi connectivity index (χ3v) is 10.6. The first-order valence-corrected chi connectivity index (χ1v) is 14.9. The second kappa shape index (κ2) is 11.2. The Morgan fingerprint density at radius 3 is 2.28 bits per heavy atom. The number of aliphatic hydroxyl groups excluding tert-OH is 1. The molecule has 3 aliphatic rings. The van der Waals surface area contributed by atoms with Gasteiger partial charge in [-0.2, -0.15) is 0 Å². The van der Waals surface area contributed by atoms with Crippen molar-refractivity contribution < 1.29 is 19.5 Å². The molecule has 0 radical (unpaired) electrons. The number of anilines is 3. The molecular weight excluding hydrogens is 512 g/mol. The lowest BCUT2D eigenvalue weighted by molar-refractivity contribution is -0.141. The fourth-order valence-electron chi connectivity index (χ4n) is 6.80. The Kier molecular flexibility index (Phi) is 7.91. The topological polar surface area (TPSA) is 102 Å². The lowest BCUT2D eigenvalue weighted by atomic mass is 9.70. The van der Waals surface area contributed by atoms with Crippen LogP contribution in [0, 0.1) is 11.8 Å². The number of aliphatic hydroxyl groups is 1. The molecule has 2 unspecified atom stereocenters. The molecule has 1 spiro atoms. The van der Waals surface area contributed by atoms with Gasteiger partial charge in [0.15, 0.2) is 0 Å². The number of nitrogens with one attached hydrogen (secondary N) is 2. The van der Waals surface area contributed by atoms with Crippen LogP contribution in [0.5, 0.6) is 0 Å². The van der Waals surface area contributed by atoms with E-state index in [2.05, 4.69) is 29.4 Å². The van der Waals surface area contributed by atoms with Crippen LogP contribution in [0.4, 0.5) is 17.1 Å². The average molecular weight is 551 g/mol. The largest absolute Gasteiger partial charge is 0.394 e. The Bertz CT molecular complexity index is 1200. The molecule has 3 saturated heterocycles. The minimum Gasteiger partial charge on any atom is -0.394 e. The number of hydrogen-bond acceptors (Lipinski definition) is 6. The van der Waals surface area contributed by atoms with Crippen LogP contribution in [-0.4, -0.2) is 69.5 Å². The minimum atomic E-state index is -0.765. The van der Waals surface area contributed by atoms with E-state index in [1.165, 1.54) is 0 Å². The van der Waals surface area contributed by atoms with Gasteiger partial charge in [0.05, 0.1) is 29.2 Å². The zero-order valence-electron chi connectivity index (χ0n) is 22.8. The molecule has 6 atom stereocenters. The highest BCUT2D eigenvalue weighted by Gasteiger charge is 2.74. The molecule has 3 heterocycles.